The van der Waals surface area contributed by atoms with Crippen LogP contribution >= 0.6 is 11.6 Å². The molecule has 3 amide bonds. The smallest absolute Gasteiger partial charge is 0.246 e. The summed E-state index contributed by atoms with van der Waals surface area (Å²) in [6.45, 7) is 5.32. The summed E-state index contributed by atoms with van der Waals surface area (Å²) in [5.41, 5.74) is 1.75. The lowest BCUT2D eigenvalue weighted by molar-refractivity contribution is -0.141. The summed E-state index contributed by atoms with van der Waals surface area (Å²) in [5, 5.41) is 6.83. The Kier molecular flexibility index (Phi) is 9.45. The molecule has 4 aliphatic heterocycles. The molecule has 1 spiro atoms. The van der Waals surface area contributed by atoms with E-state index in [9.17, 15) is 14.4 Å². The number of ether oxygens (including phenoxy) is 1. The van der Waals surface area contributed by atoms with Crippen LogP contribution in [0.4, 0.5) is 5.69 Å². The number of hydrogen-bond acceptors (Lipinski definition) is 5. The Balaban J connectivity index is 1.04. The molecule has 8 nitrogen and oxygen atoms in total. The van der Waals surface area contributed by atoms with E-state index in [1.807, 2.05) is 31.2 Å². The van der Waals surface area contributed by atoms with Gasteiger partial charge in [-0.15, -0.1) is 0 Å². The van der Waals surface area contributed by atoms with Crippen LogP contribution in [-0.4, -0.2) is 77.5 Å². The van der Waals surface area contributed by atoms with Crippen molar-refractivity contribution in [1.82, 2.24) is 15.1 Å². The molecule has 9 heteroatoms. The summed E-state index contributed by atoms with van der Waals surface area (Å²) in [6.07, 6.45) is 12.7. The van der Waals surface area contributed by atoms with Gasteiger partial charge in [0.25, 0.3) is 0 Å². The summed E-state index contributed by atoms with van der Waals surface area (Å²) in [6, 6.07) is 15.4. The zero-order valence-corrected chi connectivity index (χ0v) is 28.1. The van der Waals surface area contributed by atoms with Crippen molar-refractivity contribution in [2.24, 2.45) is 17.8 Å². The van der Waals surface area contributed by atoms with Crippen molar-refractivity contribution in [3.63, 3.8) is 0 Å². The van der Waals surface area contributed by atoms with Gasteiger partial charge < -0.3 is 25.2 Å². The summed E-state index contributed by atoms with van der Waals surface area (Å²) < 4.78 is 6.55. The lowest BCUT2D eigenvalue weighted by Crippen LogP contribution is -2.56. The maximum Gasteiger partial charge on any atom is 0.246 e. The van der Waals surface area contributed by atoms with Crippen LogP contribution in [0.15, 0.2) is 60.7 Å². The van der Waals surface area contributed by atoms with E-state index in [0.717, 1.165) is 76.6 Å². The monoisotopic (exact) mass is 658 g/mol. The number of carbonyl (C=O) groups is 3. The van der Waals surface area contributed by atoms with Gasteiger partial charge in [0.1, 0.15) is 11.6 Å². The molecule has 2 bridgehead atoms. The molecule has 2 N–H and O–H groups in total. The predicted octanol–water partition coefficient (Wildman–Crippen LogP) is 5.53. The third-order valence-corrected chi connectivity index (χ3v) is 11.7. The molecular formula is C38H47ClN4O4. The van der Waals surface area contributed by atoms with Crippen molar-refractivity contribution in [3.05, 3.63) is 76.8 Å². The number of fused-ring (bicyclic) bond motifs is 1. The number of anilines is 1. The van der Waals surface area contributed by atoms with Crippen molar-refractivity contribution in [2.75, 3.05) is 31.5 Å². The van der Waals surface area contributed by atoms with Gasteiger partial charge in [-0.3, -0.25) is 14.4 Å². The van der Waals surface area contributed by atoms with E-state index in [-0.39, 0.29) is 23.8 Å². The Morgan fingerprint density at radius 3 is 2.49 bits per heavy atom. The molecule has 250 valence electrons. The fraction of sp³-hybridized carbons (Fsp3) is 0.553. The summed E-state index contributed by atoms with van der Waals surface area (Å²) in [5.74, 6) is -1.40. The van der Waals surface area contributed by atoms with Gasteiger partial charge in [-0.25, -0.2) is 0 Å². The molecule has 3 saturated heterocycles. The number of amides is 3. The van der Waals surface area contributed by atoms with Crippen LogP contribution < -0.4 is 10.6 Å². The Morgan fingerprint density at radius 1 is 0.979 bits per heavy atom. The number of carbonyl (C=O) groups excluding carboxylic acids is 3. The Bertz CT molecular complexity index is 1500. The molecule has 4 fully saturated rings. The largest absolute Gasteiger partial charge is 0.359 e. The van der Waals surface area contributed by atoms with Gasteiger partial charge in [0.15, 0.2) is 0 Å². The number of likely N-dealkylation sites (tertiary alicyclic amines) is 2. The van der Waals surface area contributed by atoms with E-state index in [4.69, 9.17) is 16.3 Å². The molecule has 0 aromatic heterocycles. The highest BCUT2D eigenvalue weighted by Crippen LogP contribution is 2.55. The molecule has 47 heavy (non-hydrogen) atoms. The number of aryl methyl sites for hydroxylation is 1. The topological polar surface area (TPSA) is 91.0 Å². The Hall–Kier alpha value is -3.20. The third-order valence-electron chi connectivity index (χ3n) is 11.3. The molecule has 1 aliphatic carbocycles. The number of hydrogen-bond donors (Lipinski definition) is 2. The quantitative estimate of drug-likeness (QED) is 0.328. The standard InChI is InChI=1S/C38H47ClN4O4/c1-25-13-14-29(24-30(25)39)41-35(44)32-31-15-18-38(47-31)33(32)37(46)43(34(38)36(45)40-28-11-6-3-7-12-28)20-8-19-42-21-16-27(17-22-42)23-26-9-4-2-5-10-26/h2,4-5,9-10,13-15,18,24,27-28,31-34H,3,6-8,11-12,16-17,19-23H2,1H3,(H,40,45)(H,41,44)/t31-,32-,33-,34-,38-/m1/s1. The zero-order chi connectivity index (χ0) is 32.5. The van der Waals surface area contributed by atoms with Crippen molar-refractivity contribution in [1.29, 1.82) is 0 Å². The van der Waals surface area contributed by atoms with E-state index in [1.165, 1.54) is 12.0 Å². The molecule has 4 heterocycles. The molecular weight excluding hydrogens is 612 g/mol. The maximum atomic E-state index is 14.4. The lowest BCUT2D eigenvalue weighted by atomic mass is 9.74. The van der Waals surface area contributed by atoms with Gasteiger partial charge in [-0.1, -0.05) is 79.4 Å². The van der Waals surface area contributed by atoms with Crippen molar-refractivity contribution in [2.45, 2.75) is 88.5 Å². The van der Waals surface area contributed by atoms with Gasteiger partial charge in [-0.05, 0) is 94.3 Å². The zero-order valence-electron chi connectivity index (χ0n) is 27.3. The number of nitrogens with one attached hydrogen (secondary N) is 2. The van der Waals surface area contributed by atoms with Gasteiger partial charge in [0.05, 0.1) is 17.9 Å². The van der Waals surface area contributed by atoms with Crippen molar-refractivity contribution in [3.8, 4) is 0 Å². The highest BCUT2D eigenvalue weighted by atomic mass is 35.5. The minimum Gasteiger partial charge on any atom is -0.359 e. The number of rotatable bonds is 10. The van der Waals surface area contributed by atoms with E-state index < -0.39 is 29.6 Å². The first-order valence-electron chi connectivity index (χ1n) is 17.6. The molecule has 5 aliphatic rings. The Labute approximate surface area is 283 Å². The van der Waals surface area contributed by atoms with Crippen molar-refractivity contribution >= 4 is 35.0 Å². The third kappa shape index (κ3) is 6.49. The van der Waals surface area contributed by atoms with Crippen molar-refractivity contribution < 1.29 is 19.1 Å². The second-order valence-corrected chi connectivity index (χ2v) is 14.8. The molecule has 5 atom stereocenters. The minimum atomic E-state index is -1.15. The number of halogens is 1. The van der Waals surface area contributed by atoms with Crippen LogP contribution in [0.1, 0.15) is 62.5 Å². The van der Waals surface area contributed by atoms with E-state index in [1.54, 1.807) is 11.0 Å². The summed E-state index contributed by atoms with van der Waals surface area (Å²) >= 11 is 6.33. The molecule has 0 unspecified atom stereocenters. The average Bonchev–Trinajstić information content (AvgIpc) is 3.72. The van der Waals surface area contributed by atoms with Gasteiger partial charge in [0, 0.05) is 23.3 Å². The van der Waals surface area contributed by atoms with Crippen LogP contribution in [0.3, 0.4) is 0 Å². The SMILES string of the molecule is Cc1ccc(NC(=O)[C@@H]2[C@H]3C=C[C@@]4(O3)[C@H]2C(=O)N(CCCN2CCC(Cc3ccccc3)CC2)[C@@H]4C(=O)NC2CCCCC2)cc1Cl. The van der Waals surface area contributed by atoms with Crippen LogP contribution in [0.2, 0.25) is 5.02 Å². The van der Waals surface area contributed by atoms with E-state index in [2.05, 4.69) is 45.9 Å². The highest BCUT2D eigenvalue weighted by molar-refractivity contribution is 6.31. The van der Waals surface area contributed by atoms with Crippen LogP contribution in [0, 0.1) is 24.7 Å². The number of nitrogens with zero attached hydrogens (tertiary/aromatic N) is 2. The normalized spacial score (nSPS) is 29.3. The first-order valence-corrected chi connectivity index (χ1v) is 18.0. The Morgan fingerprint density at radius 2 is 1.74 bits per heavy atom. The molecule has 2 aromatic carbocycles. The van der Waals surface area contributed by atoms with Gasteiger partial charge in [0.2, 0.25) is 17.7 Å². The highest BCUT2D eigenvalue weighted by Gasteiger charge is 2.72. The van der Waals surface area contributed by atoms with E-state index in [0.29, 0.717) is 23.2 Å². The molecule has 1 saturated carbocycles. The fourth-order valence-corrected chi connectivity index (χ4v) is 8.94. The van der Waals surface area contributed by atoms with Gasteiger partial charge in [-0.2, -0.15) is 0 Å². The van der Waals surface area contributed by atoms with Crippen LogP contribution in [0.5, 0.6) is 0 Å². The first kappa shape index (κ1) is 32.4. The maximum absolute atomic E-state index is 14.4. The van der Waals surface area contributed by atoms with E-state index >= 15 is 0 Å². The summed E-state index contributed by atoms with van der Waals surface area (Å²) in [7, 11) is 0. The average molecular weight is 659 g/mol. The first-order chi connectivity index (χ1) is 22.8. The second-order valence-electron chi connectivity index (χ2n) is 14.4. The molecule has 7 rings (SSSR count). The number of benzene rings is 2. The van der Waals surface area contributed by atoms with Crippen LogP contribution in [0.25, 0.3) is 0 Å². The molecule has 2 aromatic rings. The minimum absolute atomic E-state index is 0.105. The summed E-state index contributed by atoms with van der Waals surface area (Å²) in [4.78, 5) is 46.5. The second kappa shape index (κ2) is 13.7. The number of piperidine rings is 1. The molecule has 0 radical (unpaired) electrons. The van der Waals surface area contributed by atoms with Gasteiger partial charge >= 0.3 is 0 Å². The van der Waals surface area contributed by atoms with Crippen LogP contribution in [-0.2, 0) is 25.5 Å². The lowest BCUT2D eigenvalue weighted by Gasteiger charge is -2.35. The predicted molar refractivity (Wildman–Crippen MR) is 183 cm³/mol. The fourth-order valence-electron chi connectivity index (χ4n) is 8.76.